The van der Waals surface area contributed by atoms with E-state index in [0.717, 1.165) is 27.5 Å². The quantitative estimate of drug-likeness (QED) is 0.750. The molecule has 2 N–H and O–H groups in total. The summed E-state index contributed by atoms with van der Waals surface area (Å²) in [7, 11) is 0. The molecule has 0 radical (unpaired) electrons. The molecule has 0 bridgehead atoms. The molecule has 7 nitrogen and oxygen atoms in total. The van der Waals surface area contributed by atoms with Crippen LogP contribution in [-0.4, -0.2) is 55.2 Å². The first-order valence-electron chi connectivity index (χ1n) is 10.2. The topological polar surface area (TPSA) is 73.9 Å². The van der Waals surface area contributed by atoms with Crippen molar-refractivity contribution in [3.05, 3.63) is 42.0 Å². The summed E-state index contributed by atoms with van der Waals surface area (Å²) >= 11 is 0. The summed E-state index contributed by atoms with van der Waals surface area (Å²) < 4.78 is 43.8. The summed E-state index contributed by atoms with van der Waals surface area (Å²) in [6.45, 7) is 4.20. The van der Waals surface area contributed by atoms with E-state index >= 15 is 0 Å². The molecule has 0 unspecified atom stereocenters. The highest BCUT2D eigenvalue weighted by molar-refractivity contribution is 5.95. The van der Waals surface area contributed by atoms with E-state index in [1.165, 1.54) is 0 Å². The summed E-state index contributed by atoms with van der Waals surface area (Å²) in [4.78, 5) is 25.9. The number of fused-ring (bicyclic) bond motifs is 1. The largest absolute Gasteiger partial charge is 0.482 e. The average Bonchev–Trinajstić information content (AvgIpc) is 2.74. The first-order valence-corrected chi connectivity index (χ1v) is 10.2. The van der Waals surface area contributed by atoms with Crippen LogP contribution in [0.4, 0.5) is 35.9 Å². The molecule has 2 aliphatic rings. The standard InChI is InChI=1S/C22H23F3N4O3/c1-13-9-16(28-7-8-29(14(2)11-28)21(31)22(23,24)25)4-6-17(13)26-15-3-5-18-19(10-15)32-12-20(30)27-18/h3-6,9-10,14,26H,7-8,11-12H2,1-2H3,(H,27,30)/t14-/m0/s1. The predicted octanol–water partition coefficient (Wildman–Crippen LogP) is 3.67. The number of carbonyl (C=O) groups excluding carboxylic acids is 2. The number of benzene rings is 2. The van der Waals surface area contributed by atoms with E-state index in [1.807, 2.05) is 36.1 Å². The van der Waals surface area contributed by atoms with Gasteiger partial charge in [-0.1, -0.05) is 0 Å². The Balaban J connectivity index is 1.44. The van der Waals surface area contributed by atoms with Crippen molar-refractivity contribution < 1.29 is 27.5 Å². The van der Waals surface area contributed by atoms with Gasteiger partial charge < -0.3 is 25.2 Å². The Hall–Kier alpha value is -3.43. The van der Waals surface area contributed by atoms with Crippen molar-refractivity contribution in [3.8, 4) is 5.75 Å². The van der Waals surface area contributed by atoms with Crippen LogP contribution in [0, 0.1) is 6.92 Å². The molecule has 0 aliphatic carbocycles. The van der Waals surface area contributed by atoms with Crippen LogP contribution in [0.25, 0.3) is 0 Å². The summed E-state index contributed by atoms with van der Waals surface area (Å²) in [5.41, 5.74) is 4.12. The lowest BCUT2D eigenvalue weighted by Crippen LogP contribution is -2.57. The number of halogens is 3. The first-order chi connectivity index (χ1) is 15.1. The molecule has 0 spiro atoms. The maximum atomic E-state index is 12.8. The number of nitrogens with one attached hydrogen (secondary N) is 2. The molecule has 2 amide bonds. The van der Waals surface area contributed by atoms with Gasteiger partial charge in [0.1, 0.15) is 5.75 Å². The van der Waals surface area contributed by atoms with Gasteiger partial charge in [0.05, 0.1) is 5.69 Å². The van der Waals surface area contributed by atoms with E-state index in [2.05, 4.69) is 10.6 Å². The molecule has 2 aromatic carbocycles. The van der Waals surface area contributed by atoms with Crippen LogP contribution in [0.15, 0.2) is 36.4 Å². The fourth-order valence-electron chi connectivity index (χ4n) is 3.95. The second-order valence-corrected chi connectivity index (χ2v) is 7.96. The Labute approximate surface area is 183 Å². The number of rotatable bonds is 3. The number of piperazine rings is 1. The number of anilines is 4. The Bertz CT molecular complexity index is 1060. The second-order valence-electron chi connectivity index (χ2n) is 7.96. The minimum absolute atomic E-state index is 0.0181. The monoisotopic (exact) mass is 448 g/mol. The Morgan fingerprint density at radius 2 is 1.97 bits per heavy atom. The van der Waals surface area contributed by atoms with E-state index in [9.17, 15) is 22.8 Å². The van der Waals surface area contributed by atoms with Gasteiger partial charge in [0.15, 0.2) is 6.61 Å². The minimum atomic E-state index is -4.85. The molecule has 0 aromatic heterocycles. The number of alkyl halides is 3. The molecule has 10 heteroatoms. The van der Waals surface area contributed by atoms with Gasteiger partial charge >= 0.3 is 12.1 Å². The highest BCUT2D eigenvalue weighted by Crippen LogP contribution is 2.33. The van der Waals surface area contributed by atoms with Gasteiger partial charge in [-0.3, -0.25) is 9.59 Å². The molecule has 1 saturated heterocycles. The number of hydrogen-bond donors (Lipinski definition) is 2. The van der Waals surface area contributed by atoms with Gasteiger partial charge in [0.2, 0.25) is 0 Å². The zero-order chi connectivity index (χ0) is 23.0. The van der Waals surface area contributed by atoms with E-state index in [4.69, 9.17) is 4.74 Å². The molecule has 170 valence electrons. The molecule has 2 heterocycles. The van der Waals surface area contributed by atoms with Crippen molar-refractivity contribution in [1.82, 2.24) is 4.90 Å². The van der Waals surface area contributed by atoms with Crippen LogP contribution >= 0.6 is 0 Å². The minimum Gasteiger partial charge on any atom is -0.482 e. The fourth-order valence-corrected chi connectivity index (χ4v) is 3.95. The number of carbonyl (C=O) groups is 2. The van der Waals surface area contributed by atoms with Crippen molar-refractivity contribution in [1.29, 1.82) is 0 Å². The van der Waals surface area contributed by atoms with Crippen molar-refractivity contribution in [2.75, 3.05) is 41.8 Å². The number of ether oxygens (including phenoxy) is 1. The molecule has 4 rings (SSSR count). The summed E-state index contributed by atoms with van der Waals surface area (Å²) in [6.07, 6.45) is -4.85. The Morgan fingerprint density at radius 3 is 2.66 bits per heavy atom. The zero-order valence-corrected chi connectivity index (χ0v) is 17.6. The summed E-state index contributed by atoms with van der Waals surface area (Å²) in [5.74, 6) is -1.39. The SMILES string of the molecule is Cc1cc(N2CCN(C(=O)C(F)(F)F)[C@@H](C)C2)ccc1Nc1ccc2c(c1)OCC(=O)N2. The molecular formula is C22H23F3N4O3. The maximum Gasteiger partial charge on any atom is 0.471 e. The van der Waals surface area contributed by atoms with Crippen LogP contribution in [0.3, 0.4) is 0 Å². The van der Waals surface area contributed by atoms with Crippen LogP contribution in [-0.2, 0) is 9.59 Å². The molecular weight excluding hydrogens is 425 g/mol. The van der Waals surface area contributed by atoms with Crippen LogP contribution in [0.5, 0.6) is 5.75 Å². The Morgan fingerprint density at radius 1 is 1.19 bits per heavy atom. The van der Waals surface area contributed by atoms with E-state index in [1.54, 1.807) is 19.1 Å². The van der Waals surface area contributed by atoms with Crippen molar-refractivity contribution in [3.63, 3.8) is 0 Å². The molecule has 1 atom stereocenters. The lowest BCUT2D eigenvalue weighted by Gasteiger charge is -2.41. The average molecular weight is 448 g/mol. The van der Waals surface area contributed by atoms with Gasteiger partial charge in [0, 0.05) is 48.8 Å². The van der Waals surface area contributed by atoms with Gasteiger partial charge in [-0.25, -0.2) is 0 Å². The molecule has 2 aromatic rings. The summed E-state index contributed by atoms with van der Waals surface area (Å²) in [5, 5.41) is 6.07. The predicted molar refractivity (Wildman–Crippen MR) is 114 cm³/mol. The van der Waals surface area contributed by atoms with Crippen LogP contribution in [0.2, 0.25) is 0 Å². The van der Waals surface area contributed by atoms with Crippen LogP contribution < -0.4 is 20.3 Å². The van der Waals surface area contributed by atoms with Gasteiger partial charge in [-0.15, -0.1) is 0 Å². The van der Waals surface area contributed by atoms with Crippen molar-refractivity contribution in [2.24, 2.45) is 0 Å². The lowest BCUT2D eigenvalue weighted by molar-refractivity contribution is -0.187. The van der Waals surface area contributed by atoms with Crippen molar-refractivity contribution in [2.45, 2.75) is 26.1 Å². The highest BCUT2D eigenvalue weighted by Gasteiger charge is 2.45. The molecule has 1 fully saturated rings. The molecule has 2 aliphatic heterocycles. The van der Waals surface area contributed by atoms with Gasteiger partial charge in [-0.2, -0.15) is 13.2 Å². The van der Waals surface area contributed by atoms with Crippen LogP contribution in [0.1, 0.15) is 12.5 Å². The maximum absolute atomic E-state index is 12.8. The summed E-state index contributed by atoms with van der Waals surface area (Å²) in [6, 6.07) is 10.6. The third-order valence-corrected chi connectivity index (χ3v) is 5.60. The Kier molecular flexibility index (Phi) is 5.62. The molecule has 32 heavy (non-hydrogen) atoms. The lowest BCUT2D eigenvalue weighted by atomic mass is 10.1. The van der Waals surface area contributed by atoms with Gasteiger partial charge in [0.25, 0.3) is 5.91 Å². The van der Waals surface area contributed by atoms with E-state index in [-0.39, 0.29) is 19.1 Å². The molecule has 0 saturated carbocycles. The van der Waals surface area contributed by atoms with E-state index in [0.29, 0.717) is 24.5 Å². The smallest absolute Gasteiger partial charge is 0.471 e. The third kappa shape index (κ3) is 4.44. The van der Waals surface area contributed by atoms with E-state index < -0.39 is 18.1 Å². The number of nitrogens with zero attached hydrogens (tertiary/aromatic N) is 2. The van der Waals surface area contributed by atoms with Gasteiger partial charge in [-0.05, 0) is 49.7 Å². The first kappa shape index (κ1) is 21.8. The number of amides is 2. The number of aryl methyl sites for hydroxylation is 1. The zero-order valence-electron chi connectivity index (χ0n) is 17.6. The second kappa shape index (κ2) is 8.25. The number of hydrogen-bond acceptors (Lipinski definition) is 5. The third-order valence-electron chi connectivity index (χ3n) is 5.60. The highest BCUT2D eigenvalue weighted by atomic mass is 19.4. The normalized spacial score (nSPS) is 18.5. The van der Waals surface area contributed by atoms with Crippen molar-refractivity contribution >= 4 is 34.6 Å². The fraction of sp³-hybridized carbons (Fsp3) is 0.364.